The van der Waals surface area contributed by atoms with Crippen LogP contribution in [-0.2, 0) is 4.79 Å². The van der Waals surface area contributed by atoms with Gasteiger partial charge < -0.3 is 14.7 Å². The van der Waals surface area contributed by atoms with Gasteiger partial charge in [-0.3, -0.25) is 14.6 Å². The van der Waals surface area contributed by atoms with E-state index in [1.54, 1.807) is 53.7 Å². The fourth-order valence-electron chi connectivity index (χ4n) is 2.75. The summed E-state index contributed by atoms with van der Waals surface area (Å²) in [5, 5.41) is 9.13. The van der Waals surface area contributed by atoms with Crippen LogP contribution in [-0.4, -0.2) is 40.0 Å². The van der Waals surface area contributed by atoms with E-state index in [0.717, 1.165) is 0 Å². The average molecular weight is 326 g/mol. The number of benzene rings is 1. The molecule has 6 heteroatoms. The molecule has 1 N–H and O–H groups in total. The highest BCUT2D eigenvalue weighted by Crippen LogP contribution is 2.23. The van der Waals surface area contributed by atoms with E-state index in [0.29, 0.717) is 36.4 Å². The molecule has 124 valence electrons. The summed E-state index contributed by atoms with van der Waals surface area (Å²) in [4.78, 5) is 29.2. The number of carbonyl (C=O) groups is 2. The number of aromatic nitrogens is 1. The van der Waals surface area contributed by atoms with Crippen molar-refractivity contribution in [3.63, 3.8) is 0 Å². The lowest BCUT2D eigenvalue weighted by atomic mass is 9.97. The van der Waals surface area contributed by atoms with Crippen molar-refractivity contribution >= 4 is 11.9 Å². The van der Waals surface area contributed by atoms with Crippen LogP contribution in [0.4, 0.5) is 0 Å². The molecule has 1 atom stereocenters. The number of aliphatic carboxylic acids is 1. The van der Waals surface area contributed by atoms with Crippen molar-refractivity contribution in [2.24, 2.45) is 5.92 Å². The smallest absolute Gasteiger partial charge is 0.308 e. The van der Waals surface area contributed by atoms with E-state index in [9.17, 15) is 9.59 Å². The van der Waals surface area contributed by atoms with Crippen LogP contribution < -0.4 is 4.74 Å². The van der Waals surface area contributed by atoms with Crippen molar-refractivity contribution in [3.8, 4) is 11.5 Å². The van der Waals surface area contributed by atoms with Crippen LogP contribution in [0.2, 0.25) is 0 Å². The molecule has 1 aliphatic rings. The fourth-order valence-corrected chi connectivity index (χ4v) is 2.75. The lowest BCUT2D eigenvalue weighted by Gasteiger charge is -2.30. The molecule has 2 heterocycles. The first kappa shape index (κ1) is 16.0. The lowest BCUT2D eigenvalue weighted by Crippen LogP contribution is -2.42. The van der Waals surface area contributed by atoms with Crippen LogP contribution in [0, 0.1) is 5.92 Å². The first-order valence-corrected chi connectivity index (χ1v) is 7.83. The van der Waals surface area contributed by atoms with Gasteiger partial charge in [-0.05, 0) is 49.2 Å². The third kappa shape index (κ3) is 3.71. The Balaban J connectivity index is 1.66. The minimum absolute atomic E-state index is 0.145. The third-order valence-electron chi connectivity index (χ3n) is 4.03. The standard InChI is InChI=1S/C18H18N2O4/c21-17(20-10-2-3-14(12-20)18(22)23)13-5-7-15(8-6-13)24-16-4-1-9-19-11-16/h1,4-9,11,14H,2-3,10,12H2,(H,22,23). The van der Waals surface area contributed by atoms with Gasteiger partial charge in [0, 0.05) is 24.8 Å². The number of hydrogen-bond acceptors (Lipinski definition) is 4. The number of carboxylic acid groups (broad SMARTS) is 1. The number of carboxylic acids is 1. The normalized spacial score (nSPS) is 17.3. The molecule has 1 amide bonds. The van der Waals surface area contributed by atoms with Gasteiger partial charge in [0.2, 0.25) is 0 Å². The summed E-state index contributed by atoms with van der Waals surface area (Å²) >= 11 is 0. The fraction of sp³-hybridized carbons (Fsp3) is 0.278. The van der Waals surface area contributed by atoms with E-state index < -0.39 is 11.9 Å². The molecular weight excluding hydrogens is 308 g/mol. The maximum atomic E-state index is 12.5. The molecular formula is C18H18N2O4. The van der Waals surface area contributed by atoms with Gasteiger partial charge in [-0.1, -0.05) is 0 Å². The predicted octanol–water partition coefficient (Wildman–Crippen LogP) is 2.81. The summed E-state index contributed by atoms with van der Waals surface area (Å²) in [5.74, 6) is -0.226. The molecule has 1 saturated heterocycles. The van der Waals surface area contributed by atoms with Gasteiger partial charge in [-0.15, -0.1) is 0 Å². The Morgan fingerprint density at radius 3 is 2.62 bits per heavy atom. The molecule has 0 bridgehead atoms. The van der Waals surface area contributed by atoms with Gasteiger partial charge in [0.15, 0.2) is 0 Å². The summed E-state index contributed by atoms with van der Waals surface area (Å²) in [6.07, 6.45) is 4.61. The molecule has 1 fully saturated rings. The summed E-state index contributed by atoms with van der Waals surface area (Å²) < 4.78 is 5.64. The summed E-state index contributed by atoms with van der Waals surface area (Å²) in [7, 11) is 0. The monoisotopic (exact) mass is 326 g/mol. The van der Waals surface area contributed by atoms with E-state index in [2.05, 4.69) is 4.98 Å². The molecule has 1 unspecified atom stereocenters. The first-order valence-electron chi connectivity index (χ1n) is 7.83. The topological polar surface area (TPSA) is 79.7 Å². The number of amides is 1. The van der Waals surface area contributed by atoms with E-state index in [1.165, 1.54) is 0 Å². The van der Waals surface area contributed by atoms with Crippen molar-refractivity contribution in [2.75, 3.05) is 13.1 Å². The summed E-state index contributed by atoms with van der Waals surface area (Å²) in [6, 6.07) is 10.4. The second-order valence-electron chi connectivity index (χ2n) is 5.74. The van der Waals surface area contributed by atoms with Gasteiger partial charge in [0.05, 0.1) is 12.1 Å². The number of nitrogens with zero attached hydrogens (tertiary/aromatic N) is 2. The maximum Gasteiger partial charge on any atom is 0.308 e. The largest absolute Gasteiger partial charge is 0.481 e. The van der Waals surface area contributed by atoms with Crippen LogP contribution >= 0.6 is 0 Å². The lowest BCUT2D eigenvalue weighted by molar-refractivity contribution is -0.143. The van der Waals surface area contributed by atoms with E-state index in [-0.39, 0.29) is 12.5 Å². The Morgan fingerprint density at radius 1 is 1.17 bits per heavy atom. The Morgan fingerprint density at radius 2 is 1.96 bits per heavy atom. The number of rotatable bonds is 4. The Hall–Kier alpha value is -2.89. The number of pyridine rings is 1. The zero-order valence-electron chi connectivity index (χ0n) is 13.1. The van der Waals surface area contributed by atoms with Crippen LogP contribution in [0.25, 0.3) is 0 Å². The maximum absolute atomic E-state index is 12.5. The molecule has 2 aromatic rings. The van der Waals surface area contributed by atoms with Gasteiger partial charge in [-0.2, -0.15) is 0 Å². The Kier molecular flexibility index (Phi) is 4.74. The van der Waals surface area contributed by atoms with Crippen molar-refractivity contribution in [1.82, 2.24) is 9.88 Å². The number of carbonyl (C=O) groups excluding carboxylic acids is 1. The zero-order valence-corrected chi connectivity index (χ0v) is 13.1. The number of likely N-dealkylation sites (tertiary alicyclic amines) is 1. The van der Waals surface area contributed by atoms with Crippen LogP contribution in [0.15, 0.2) is 48.8 Å². The van der Waals surface area contributed by atoms with Crippen molar-refractivity contribution in [1.29, 1.82) is 0 Å². The van der Waals surface area contributed by atoms with Crippen LogP contribution in [0.3, 0.4) is 0 Å². The second kappa shape index (κ2) is 7.12. The van der Waals surface area contributed by atoms with E-state index >= 15 is 0 Å². The van der Waals surface area contributed by atoms with Crippen LogP contribution in [0.1, 0.15) is 23.2 Å². The quantitative estimate of drug-likeness (QED) is 0.934. The van der Waals surface area contributed by atoms with Gasteiger partial charge in [0.1, 0.15) is 11.5 Å². The Bertz CT molecular complexity index is 716. The van der Waals surface area contributed by atoms with Crippen molar-refractivity contribution < 1.29 is 19.4 Å². The molecule has 1 aliphatic heterocycles. The number of hydrogen-bond donors (Lipinski definition) is 1. The molecule has 0 saturated carbocycles. The zero-order chi connectivity index (χ0) is 16.9. The average Bonchev–Trinajstić information content (AvgIpc) is 2.63. The molecule has 1 aromatic heterocycles. The van der Waals surface area contributed by atoms with Gasteiger partial charge in [0.25, 0.3) is 5.91 Å². The highest BCUT2D eigenvalue weighted by molar-refractivity contribution is 5.94. The van der Waals surface area contributed by atoms with Crippen molar-refractivity contribution in [3.05, 3.63) is 54.4 Å². The molecule has 6 nitrogen and oxygen atoms in total. The summed E-state index contributed by atoms with van der Waals surface area (Å²) in [5.41, 5.74) is 0.527. The van der Waals surface area contributed by atoms with E-state index in [4.69, 9.17) is 9.84 Å². The second-order valence-corrected chi connectivity index (χ2v) is 5.74. The van der Waals surface area contributed by atoms with Crippen LogP contribution in [0.5, 0.6) is 11.5 Å². The first-order chi connectivity index (χ1) is 11.6. The number of ether oxygens (including phenoxy) is 1. The summed E-state index contributed by atoms with van der Waals surface area (Å²) in [6.45, 7) is 0.860. The molecule has 0 aliphatic carbocycles. The molecule has 1 aromatic carbocycles. The predicted molar refractivity (Wildman–Crippen MR) is 87.0 cm³/mol. The third-order valence-corrected chi connectivity index (χ3v) is 4.03. The molecule has 24 heavy (non-hydrogen) atoms. The van der Waals surface area contributed by atoms with Gasteiger partial charge >= 0.3 is 5.97 Å². The van der Waals surface area contributed by atoms with Gasteiger partial charge in [-0.25, -0.2) is 0 Å². The molecule has 0 radical (unpaired) electrons. The highest BCUT2D eigenvalue weighted by Gasteiger charge is 2.28. The number of piperidine rings is 1. The minimum Gasteiger partial charge on any atom is -0.481 e. The van der Waals surface area contributed by atoms with Crippen molar-refractivity contribution in [2.45, 2.75) is 12.8 Å². The highest BCUT2D eigenvalue weighted by atomic mass is 16.5. The molecule has 0 spiro atoms. The SMILES string of the molecule is O=C(O)C1CCCN(C(=O)c2ccc(Oc3cccnc3)cc2)C1. The van der Waals surface area contributed by atoms with E-state index in [1.807, 2.05) is 0 Å². The minimum atomic E-state index is -0.840. The Labute approximate surface area is 139 Å². The molecule has 3 rings (SSSR count).